The van der Waals surface area contributed by atoms with E-state index in [2.05, 4.69) is 39.0 Å². The molecular formula is C15H20N4. The highest BCUT2D eigenvalue weighted by atomic mass is 15.4. The third-order valence-electron chi connectivity index (χ3n) is 3.81. The molecule has 100 valence electrons. The second kappa shape index (κ2) is 5.53. The van der Waals surface area contributed by atoms with E-state index < -0.39 is 0 Å². The summed E-state index contributed by atoms with van der Waals surface area (Å²) in [4.78, 5) is 4.65. The maximum Gasteiger partial charge on any atom is 0.151 e. The van der Waals surface area contributed by atoms with Crippen molar-refractivity contribution in [2.24, 2.45) is 11.7 Å². The molecule has 0 saturated heterocycles. The number of nitrogens with two attached hydrogens (primary N) is 1. The minimum Gasteiger partial charge on any atom is -0.330 e. The average molecular weight is 256 g/mol. The van der Waals surface area contributed by atoms with Gasteiger partial charge in [-0.05, 0) is 30.9 Å². The lowest BCUT2D eigenvalue weighted by Crippen LogP contribution is -2.27. The van der Waals surface area contributed by atoms with Crippen LogP contribution in [0.2, 0.25) is 0 Å². The Balaban J connectivity index is 1.65. The number of nitrogens with zero attached hydrogens (tertiary/aromatic N) is 3. The lowest BCUT2D eigenvalue weighted by atomic mass is 10.0. The van der Waals surface area contributed by atoms with E-state index in [9.17, 15) is 0 Å². The van der Waals surface area contributed by atoms with E-state index in [4.69, 9.17) is 5.73 Å². The fourth-order valence-electron chi connectivity index (χ4n) is 2.63. The molecule has 0 aliphatic carbocycles. The van der Waals surface area contributed by atoms with Gasteiger partial charge in [0.25, 0.3) is 0 Å². The second-order valence-electron chi connectivity index (χ2n) is 5.25. The zero-order valence-corrected chi connectivity index (χ0v) is 11.1. The van der Waals surface area contributed by atoms with Gasteiger partial charge in [0.15, 0.2) is 5.82 Å². The third-order valence-corrected chi connectivity index (χ3v) is 3.81. The van der Waals surface area contributed by atoms with Gasteiger partial charge in [-0.2, -0.15) is 5.10 Å². The van der Waals surface area contributed by atoms with Gasteiger partial charge in [-0.3, -0.25) is 0 Å². The molecule has 1 unspecified atom stereocenters. The normalized spacial score (nSPS) is 18.3. The number of fused-ring (bicyclic) bond motifs is 1. The number of hydrogen-bond acceptors (Lipinski definition) is 3. The molecule has 1 aliphatic heterocycles. The first kappa shape index (κ1) is 12.4. The number of aryl methyl sites for hydroxylation is 3. The topological polar surface area (TPSA) is 56.7 Å². The van der Waals surface area contributed by atoms with E-state index in [1.807, 2.05) is 6.07 Å². The van der Waals surface area contributed by atoms with Crippen LogP contribution in [0.3, 0.4) is 0 Å². The van der Waals surface area contributed by atoms with Gasteiger partial charge in [0.1, 0.15) is 5.82 Å². The molecule has 3 rings (SSSR count). The smallest absolute Gasteiger partial charge is 0.151 e. The van der Waals surface area contributed by atoms with Crippen LogP contribution >= 0.6 is 0 Å². The van der Waals surface area contributed by atoms with Crippen LogP contribution in [0.4, 0.5) is 0 Å². The molecule has 1 atom stereocenters. The lowest BCUT2D eigenvalue weighted by molar-refractivity contribution is 0.349. The Bertz CT molecular complexity index is 532. The first-order chi connectivity index (χ1) is 9.35. The fourth-order valence-corrected chi connectivity index (χ4v) is 2.63. The van der Waals surface area contributed by atoms with Crippen molar-refractivity contribution in [3.63, 3.8) is 0 Å². The molecule has 4 heteroatoms. The molecule has 19 heavy (non-hydrogen) atoms. The summed E-state index contributed by atoms with van der Waals surface area (Å²) in [7, 11) is 0. The molecule has 0 saturated carbocycles. The molecule has 2 N–H and O–H groups in total. The monoisotopic (exact) mass is 256 g/mol. The standard InChI is InChI=1S/C15H20N4/c16-10-13-7-9-15-17-14(18-19(15)11-13)8-6-12-4-2-1-3-5-12/h1-5,13H,6-11,16H2. The van der Waals surface area contributed by atoms with Crippen LogP contribution in [0, 0.1) is 5.92 Å². The first-order valence-electron chi connectivity index (χ1n) is 7.01. The summed E-state index contributed by atoms with van der Waals surface area (Å²) in [6.07, 6.45) is 4.08. The van der Waals surface area contributed by atoms with Gasteiger partial charge in [0.2, 0.25) is 0 Å². The third kappa shape index (κ3) is 2.84. The van der Waals surface area contributed by atoms with Crippen LogP contribution in [0.1, 0.15) is 23.6 Å². The number of hydrogen-bond donors (Lipinski definition) is 1. The van der Waals surface area contributed by atoms with Crippen molar-refractivity contribution in [1.29, 1.82) is 0 Å². The SMILES string of the molecule is NCC1CCc2nc(CCc3ccccc3)nn2C1. The van der Waals surface area contributed by atoms with Gasteiger partial charge in [0.05, 0.1) is 0 Å². The molecule has 0 amide bonds. The molecule has 2 aromatic rings. The molecule has 1 aliphatic rings. The molecule has 1 aromatic carbocycles. The van der Waals surface area contributed by atoms with Crippen molar-refractivity contribution >= 4 is 0 Å². The van der Waals surface area contributed by atoms with E-state index in [0.29, 0.717) is 5.92 Å². The molecule has 4 nitrogen and oxygen atoms in total. The first-order valence-corrected chi connectivity index (χ1v) is 7.01. The minimum absolute atomic E-state index is 0.566. The molecule has 1 aromatic heterocycles. The van der Waals surface area contributed by atoms with Crippen LogP contribution in [0.15, 0.2) is 30.3 Å². The van der Waals surface area contributed by atoms with E-state index in [0.717, 1.165) is 50.4 Å². The maximum absolute atomic E-state index is 5.74. The number of aromatic nitrogens is 3. The highest BCUT2D eigenvalue weighted by molar-refractivity contribution is 5.15. The van der Waals surface area contributed by atoms with Gasteiger partial charge < -0.3 is 5.73 Å². The Morgan fingerprint density at radius 1 is 1.21 bits per heavy atom. The van der Waals surface area contributed by atoms with Crippen LogP contribution in [-0.4, -0.2) is 21.3 Å². The van der Waals surface area contributed by atoms with Gasteiger partial charge >= 0.3 is 0 Å². The van der Waals surface area contributed by atoms with E-state index in [1.54, 1.807) is 0 Å². The Labute approximate surface area is 113 Å². The molecule has 0 bridgehead atoms. The summed E-state index contributed by atoms with van der Waals surface area (Å²) >= 11 is 0. The van der Waals surface area contributed by atoms with Crippen LogP contribution in [-0.2, 0) is 25.8 Å². The van der Waals surface area contributed by atoms with Gasteiger partial charge in [-0.15, -0.1) is 0 Å². The number of benzene rings is 1. The fraction of sp³-hybridized carbons (Fsp3) is 0.467. The van der Waals surface area contributed by atoms with Gasteiger partial charge in [0, 0.05) is 19.4 Å². The van der Waals surface area contributed by atoms with Gasteiger partial charge in [-0.25, -0.2) is 9.67 Å². The Morgan fingerprint density at radius 2 is 2.05 bits per heavy atom. The molecule has 0 radical (unpaired) electrons. The maximum atomic E-state index is 5.74. The van der Waals surface area contributed by atoms with Crippen molar-refractivity contribution in [1.82, 2.24) is 14.8 Å². The second-order valence-corrected chi connectivity index (χ2v) is 5.25. The van der Waals surface area contributed by atoms with Crippen molar-refractivity contribution < 1.29 is 0 Å². The summed E-state index contributed by atoms with van der Waals surface area (Å²) in [5, 5.41) is 4.61. The predicted molar refractivity (Wildman–Crippen MR) is 74.7 cm³/mol. The molecular weight excluding hydrogens is 236 g/mol. The zero-order chi connectivity index (χ0) is 13.1. The van der Waals surface area contributed by atoms with E-state index in [1.165, 1.54) is 5.56 Å². The Hall–Kier alpha value is -1.68. The van der Waals surface area contributed by atoms with Crippen LogP contribution < -0.4 is 5.73 Å². The van der Waals surface area contributed by atoms with Crippen molar-refractivity contribution in [3.8, 4) is 0 Å². The summed E-state index contributed by atoms with van der Waals surface area (Å²) in [6, 6.07) is 10.5. The summed E-state index contributed by atoms with van der Waals surface area (Å²) in [5.41, 5.74) is 7.08. The summed E-state index contributed by atoms with van der Waals surface area (Å²) in [5.74, 6) is 2.67. The van der Waals surface area contributed by atoms with Crippen molar-refractivity contribution in [2.75, 3.05) is 6.54 Å². The van der Waals surface area contributed by atoms with Crippen LogP contribution in [0.25, 0.3) is 0 Å². The summed E-state index contributed by atoms with van der Waals surface area (Å²) in [6.45, 7) is 1.68. The van der Waals surface area contributed by atoms with E-state index >= 15 is 0 Å². The molecule has 0 fully saturated rings. The lowest BCUT2D eigenvalue weighted by Gasteiger charge is -2.20. The van der Waals surface area contributed by atoms with Crippen molar-refractivity contribution in [2.45, 2.75) is 32.2 Å². The Morgan fingerprint density at radius 3 is 2.84 bits per heavy atom. The average Bonchev–Trinajstić information content (AvgIpc) is 2.88. The molecule has 2 heterocycles. The Kier molecular flexibility index (Phi) is 3.60. The van der Waals surface area contributed by atoms with E-state index in [-0.39, 0.29) is 0 Å². The summed E-state index contributed by atoms with van der Waals surface area (Å²) < 4.78 is 2.06. The zero-order valence-electron chi connectivity index (χ0n) is 11.1. The highest BCUT2D eigenvalue weighted by Crippen LogP contribution is 2.17. The molecule has 0 spiro atoms. The highest BCUT2D eigenvalue weighted by Gasteiger charge is 2.20. The van der Waals surface area contributed by atoms with Crippen LogP contribution in [0.5, 0.6) is 0 Å². The number of rotatable bonds is 4. The van der Waals surface area contributed by atoms with Gasteiger partial charge in [-0.1, -0.05) is 30.3 Å². The van der Waals surface area contributed by atoms with Crippen molar-refractivity contribution in [3.05, 3.63) is 47.5 Å². The largest absolute Gasteiger partial charge is 0.330 e. The predicted octanol–water partition coefficient (Wildman–Crippen LogP) is 1.58. The minimum atomic E-state index is 0.566. The quantitative estimate of drug-likeness (QED) is 0.903.